The van der Waals surface area contributed by atoms with Crippen LogP contribution in [0.25, 0.3) is 0 Å². The summed E-state index contributed by atoms with van der Waals surface area (Å²) in [6.45, 7) is 6.93. The molecule has 2 nitrogen and oxygen atoms in total. The van der Waals surface area contributed by atoms with Crippen molar-refractivity contribution in [1.29, 1.82) is 0 Å². The molecule has 2 heterocycles. The molecule has 2 aliphatic heterocycles. The Kier molecular flexibility index (Phi) is 2.66. The standard InChI is InChI=1S/C10H19NO/c1-9-4-2-3-5-11(6-9)10-7-12-8-10/h9-10H,2-8H2,1H3. The van der Waals surface area contributed by atoms with Crippen LogP contribution in [0.2, 0.25) is 0 Å². The number of hydrogen-bond donors (Lipinski definition) is 0. The van der Waals surface area contributed by atoms with E-state index in [1.165, 1.54) is 32.4 Å². The van der Waals surface area contributed by atoms with Gasteiger partial charge in [0.2, 0.25) is 0 Å². The van der Waals surface area contributed by atoms with E-state index in [0.717, 1.165) is 25.2 Å². The van der Waals surface area contributed by atoms with Gasteiger partial charge >= 0.3 is 0 Å². The highest BCUT2D eigenvalue weighted by Crippen LogP contribution is 2.20. The zero-order chi connectivity index (χ0) is 8.39. The van der Waals surface area contributed by atoms with E-state index < -0.39 is 0 Å². The lowest BCUT2D eigenvalue weighted by atomic mass is 10.1. The Morgan fingerprint density at radius 2 is 2.08 bits per heavy atom. The van der Waals surface area contributed by atoms with Crippen LogP contribution in [0.4, 0.5) is 0 Å². The summed E-state index contributed by atoms with van der Waals surface area (Å²) < 4.78 is 5.22. The first-order valence-electron chi connectivity index (χ1n) is 5.18. The van der Waals surface area contributed by atoms with Gasteiger partial charge in [-0.3, -0.25) is 4.90 Å². The van der Waals surface area contributed by atoms with Gasteiger partial charge in [0.1, 0.15) is 0 Å². The fourth-order valence-electron chi connectivity index (χ4n) is 2.16. The van der Waals surface area contributed by atoms with Crippen molar-refractivity contribution in [2.45, 2.75) is 32.2 Å². The fraction of sp³-hybridized carbons (Fsp3) is 1.00. The molecule has 1 unspecified atom stereocenters. The minimum Gasteiger partial charge on any atom is -0.378 e. The maximum absolute atomic E-state index is 5.22. The quantitative estimate of drug-likeness (QED) is 0.590. The van der Waals surface area contributed by atoms with Gasteiger partial charge in [-0.05, 0) is 25.3 Å². The monoisotopic (exact) mass is 169 g/mol. The van der Waals surface area contributed by atoms with Crippen LogP contribution in [-0.2, 0) is 4.74 Å². The lowest BCUT2D eigenvalue weighted by molar-refractivity contribution is -0.0664. The molecule has 0 aliphatic carbocycles. The van der Waals surface area contributed by atoms with E-state index in [-0.39, 0.29) is 0 Å². The molecule has 0 amide bonds. The summed E-state index contributed by atoms with van der Waals surface area (Å²) in [5.41, 5.74) is 0. The van der Waals surface area contributed by atoms with Crippen LogP contribution in [0.3, 0.4) is 0 Å². The van der Waals surface area contributed by atoms with Crippen LogP contribution >= 0.6 is 0 Å². The normalized spacial score (nSPS) is 34.2. The smallest absolute Gasteiger partial charge is 0.0645 e. The van der Waals surface area contributed by atoms with Gasteiger partial charge in [0, 0.05) is 6.54 Å². The molecule has 12 heavy (non-hydrogen) atoms. The van der Waals surface area contributed by atoms with Gasteiger partial charge in [0.15, 0.2) is 0 Å². The number of rotatable bonds is 1. The highest BCUT2D eigenvalue weighted by atomic mass is 16.5. The van der Waals surface area contributed by atoms with Crippen molar-refractivity contribution in [3.05, 3.63) is 0 Å². The van der Waals surface area contributed by atoms with Crippen molar-refractivity contribution < 1.29 is 4.74 Å². The average Bonchev–Trinajstić information content (AvgIpc) is 2.10. The Balaban J connectivity index is 1.85. The van der Waals surface area contributed by atoms with Crippen LogP contribution in [0.5, 0.6) is 0 Å². The second kappa shape index (κ2) is 3.75. The summed E-state index contributed by atoms with van der Waals surface area (Å²) in [6.07, 6.45) is 4.23. The first-order chi connectivity index (χ1) is 5.86. The molecule has 2 fully saturated rings. The van der Waals surface area contributed by atoms with Gasteiger partial charge in [-0.2, -0.15) is 0 Å². The molecular formula is C10H19NO. The third-order valence-electron chi connectivity index (χ3n) is 3.08. The number of ether oxygens (including phenoxy) is 1. The summed E-state index contributed by atoms with van der Waals surface area (Å²) in [5.74, 6) is 0.896. The second-order valence-corrected chi connectivity index (χ2v) is 4.29. The zero-order valence-corrected chi connectivity index (χ0v) is 7.96. The van der Waals surface area contributed by atoms with E-state index in [0.29, 0.717) is 0 Å². The van der Waals surface area contributed by atoms with Gasteiger partial charge in [0.25, 0.3) is 0 Å². The van der Waals surface area contributed by atoms with E-state index in [1.54, 1.807) is 0 Å². The summed E-state index contributed by atoms with van der Waals surface area (Å²) in [5, 5.41) is 0. The Hall–Kier alpha value is -0.0800. The van der Waals surface area contributed by atoms with Crippen LogP contribution < -0.4 is 0 Å². The zero-order valence-electron chi connectivity index (χ0n) is 7.96. The lowest BCUT2D eigenvalue weighted by Gasteiger charge is -2.37. The molecule has 2 heteroatoms. The summed E-state index contributed by atoms with van der Waals surface area (Å²) in [4.78, 5) is 2.63. The Morgan fingerprint density at radius 1 is 1.25 bits per heavy atom. The van der Waals surface area contributed by atoms with Crippen LogP contribution in [0, 0.1) is 5.92 Å². The summed E-state index contributed by atoms with van der Waals surface area (Å²) in [6, 6.07) is 0.755. The maximum Gasteiger partial charge on any atom is 0.0645 e. The lowest BCUT2D eigenvalue weighted by Crippen LogP contribution is -2.50. The predicted molar refractivity (Wildman–Crippen MR) is 49.2 cm³/mol. The van der Waals surface area contributed by atoms with E-state index in [9.17, 15) is 0 Å². The summed E-state index contributed by atoms with van der Waals surface area (Å²) >= 11 is 0. The molecule has 2 aliphatic rings. The fourth-order valence-corrected chi connectivity index (χ4v) is 2.16. The third kappa shape index (κ3) is 1.80. The number of likely N-dealkylation sites (tertiary alicyclic amines) is 1. The van der Waals surface area contributed by atoms with Crippen molar-refractivity contribution in [1.82, 2.24) is 4.90 Å². The molecule has 70 valence electrons. The van der Waals surface area contributed by atoms with E-state index in [1.807, 2.05) is 0 Å². The Morgan fingerprint density at radius 3 is 2.75 bits per heavy atom. The van der Waals surface area contributed by atoms with E-state index >= 15 is 0 Å². The van der Waals surface area contributed by atoms with Crippen LogP contribution in [-0.4, -0.2) is 37.2 Å². The molecule has 0 bridgehead atoms. The maximum atomic E-state index is 5.22. The van der Waals surface area contributed by atoms with Crippen LogP contribution in [0.1, 0.15) is 26.2 Å². The molecule has 0 spiro atoms. The molecular weight excluding hydrogens is 150 g/mol. The minimum atomic E-state index is 0.755. The molecule has 0 aromatic carbocycles. The van der Waals surface area contributed by atoms with Gasteiger partial charge in [0.05, 0.1) is 19.3 Å². The Bertz CT molecular complexity index is 145. The van der Waals surface area contributed by atoms with Crippen molar-refractivity contribution in [3.63, 3.8) is 0 Å². The molecule has 0 N–H and O–H groups in total. The van der Waals surface area contributed by atoms with Crippen molar-refractivity contribution in [2.75, 3.05) is 26.3 Å². The largest absolute Gasteiger partial charge is 0.378 e. The first-order valence-corrected chi connectivity index (χ1v) is 5.18. The number of nitrogens with zero attached hydrogens (tertiary/aromatic N) is 1. The molecule has 2 rings (SSSR count). The highest BCUT2D eigenvalue weighted by Gasteiger charge is 2.27. The molecule has 0 saturated carbocycles. The highest BCUT2D eigenvalue weighted by molar-refractivity contribution is 4.80. The molecule has 0 aromatic heterocycles. The number of hydrogen-bond acceptors (Lipinski definition) is 2. The van der Waals surface area contributed by atoms with Gasteiger partial charge in [-0.1, -0.05) is 13.3 Å². The van der Waals surface area contributed by atoms with Crippen molar-refractivity contribution in [3.8, 4) is 0 Å². The molecule has 0 radical (unpaired) electrons. The SMILES string of the molecule is CC1CCCCN(C2COC2)C1. The van der Waals surface area contributed by atoms with E-state index in [2.05, 4.69) is 11.8 Å². The first kappa shape index (κ1) is 8.52. The van der Waals surface area contributed by atoms with Crippen molar-refractivity contribution in [2.24, 2.45) is 5.92 Å². The third-order valence-corrected chi connectivity index (χ3v) is 3.08. The van der Waals surface area contributed by atoms with Crippen molar-refractivity contribution >= 4 is 0 Å². The van der Waals surface area contributed by atoms with Crippen LogP contribution in [0.15, 0.2) is 0 Å². The predicted octanol–water partition coefficient (Wildman–Crippen LogP) is 1.51. The van der Waals surface area contributed by atoms with Gasteiger partial charge < -0.3 is 4.74 Å². The molecule has 0 aromatic rings. The summed E-state index contributed by atoms with van der Waals surface area (Å²) in [7, 11) is 0. The topological polar surface area (TPSA) is 12.5 Å². The van der Waals surface area contributed by atoms with Gasteiger partial charge in [-0.25, -0.2) is 0 Å². The molecule has 2 saturated heterocycles. The van der Waals surface area contributed by atoms with Gasteiger partial charge in [-0.15, -0.1) is 0 Å². The second-order valence-electron chi connectivity index (χ2n) is 4.29. The molecule has 1 atom stereocenters. The Labute approximate surface area is 74.9 Å². The van der Waals surface area contributed by atoms with E-state index in [4.69, 9.17) is 4.74 Å². The average molecular weight is 169 g/mol. The minimum absolute atomic E-state index is 0.755.